The van der Waals surface area contributed by atoms with Crippen LogP contribution in [0.5, 0.6) is 0 Å². The van der Waals surface area contributed by atoms with E-state index in [4.69, 9.17) is 0 Å². The van der Waals surface area contributed by atoms with Gasteiger partial charge in [-0.3, -0.25) is 9.59 Å². The molecule has 0 radical (unpaired) electrons. The van der Waals surface area contributed by atoms with Crippen molar-refractivity contribution in [3.8, 4) is 0 Å². The predicted molar refractivity (Wildman–Crippen MR) is 89.1 cm³/mol. The molecule has 1 atom stereocenters. The van der Waals surface area contributed by atoms with Gasteiger partial charge in [-0.15, -0.1) is 11.3 Å². The minimum atomic E-state index is -1.03. The molecule has 1 aromatic rings. The van der Waals surface area contributed by atoms with Crippen LogP contribution in [0, 0.1) is 0 Å². The third-order valence-corrected chi connectivity index (χ3v) is 5.09. The number of amides is 2. The number of carbonyl (C=O) groups excluding carboxylic acids is 2. The van der Waals surface area contributed by atoms with Crippen molar-refractivity contribution < 1.29 is 19.5 Å². The van der Waals surface area contributed by atoms with E-state index < -0.39 is 17.9 Å². The lowest BCUT2D eigenvalue weighted by molar-refractivity contribution is -0.139. The van der Waals surface area contributed by atoms with E-state index in [1.807, 2.05) is 6.92 Å². The summed E-state index contributed by atoms with van der Waals surface area (Å²) >= 11 is 1.42. The molecule has 1 aromatic heterocycles. The number of nitrogens with one attached hydrogen (secondary N) is 2. The Morgan fingerprint density at radius 2 is 2.04 bits per heavy atom. The number of thiophene rings is 1. The fourth-order valence-electron chi connectivity index (χ4n) is 2.79. The summed E-state index contributed by atoms with van der Waals surface area (Å²) in [6, 6.07) is -0.899. The van der Waals surface area contributed by atoms with E-state index in [0.717, 1.165) is 42.5 Å². The molecule has 6 nitrogen and oxygen atoms in total. The van der Waals surface area contributed by atoms with Gasteiger partial charge in [0.15, 0.2) is 0 Å². The molecule has 2 rings (SSSR count). The van der Waals surface area contributed by atoms with Gasteiger partial charge in [-0.1, -0.05) is 19.8 Å². The smallest absolute Gasteiger partial charge is 0.326 e. The monoisotopic (exact) mass is 338 g/mol. The van der Waals surface area contributed by atoms with Crippen molar-refractivity contribution in [1.82, 2.24) is 5.32 Å². The molecule has 3 N–H and O–H groups in total. The predicted octanol–water partition coefficient (Wildman–Crippen LogP) is 2.57. The Balaban J connectivity index is 2.23. The first-order valence-electron chi connectivity index (χ1n) is 7.89. The number of anilines is 1. The summed E-state index contributed by atoms with van der Waals surface area (Å²) in [6.07, 6.45) is 4.68. The van der Waals surface area contributed by atoms with E-state index in [2.05, 4.69) is 10.6 Å². The fourth-order valence-corrected chi connectivity index (χ4v) is 4.12. The summed E-state index contributed by atoms with van der Waals surface area (Å²) in [5.74, 6) is -1.67. The maximum atomic E-state index is 12.6. The second-order valence-electron chi connectivity index (χ2n) is 5.75. The fraction of sp³-hybridized carbons (Fsp3) is 0.562. The number of rotatable bonds is 7. The molecular formula is C16H22N2O4S. The first kappa shape index (κ1) is 17.5. The van der Waals surface area contributed by atoms with Crippen LogP contribution in [0.3, 0.4) is 0 Å². The third kappa shape index (κ3) is 4.10. The van der Waals surface area contributed by atoms with Gasteiger partial charge in [-0.2, -0.15) is 0 Å². The summed E-state index contributed by atoms with van der Waals surface area (Å²) in [5.41, 5.74) is 1.40. The molecule has 1 heterocycles. The Labute approximate surface area is 139 Å². The molecule has 0 fully saturated rings. The van der Waals surface area contributed by atoms with Gasteiger partial charge < -0.3 is 15.7 Å². The number of fused-ring (bicyclic) bond motifs is 1. The van der Waals surface area contributed by atoms with Crippen molar-refractivity contribution in [1.29, 1.82) is 0 Å². The average Bonchev–Trinajstić information content (AvgIpc) is 3.02. The summed E-state index contributed by atoms with van der Waals surface area (Å²) in [6.45, 7) is 3.37. The Bertz CT molecular complexity index is 624. The van der Waals surface area contributed by atoms with Gasteiger partial charge in [0.1, 0.15) is 11.0 Å². The summed E-state index contributed by atoms with van der Waals surface area (Å²) in [5, 5.41) is 15.1. The molecule has 0 bridgehead atoms. The first-order chi connectivity index (χ1) is 10.9. The Kier molecular flexibility index (Phi) is 5.76. The van der Waals surface area contributed by atoms with Crippen LogP contribution >= 0.6 is 11.3 Å². The highest BCUT2D eigenvalue weighted by atomic mass is 32.1. The van der Waals surface area contributed by atoms with E-state index in [0.29, 0.717) is 17.0 Å². The zero-order chi connectivity index (χ0) is 17.0. The number of carboxylic acids is 1. The number of aliphatic carboxylic acids is 1. The lowest BCUT2D eigenvalue weighted by atomic mass is 10.1. The van der Waals surface area contributed by atoms with E-state index in [1.165, 1.54) is 18.3 Å². The molecule has 2 amide bonds. The normalized spacial score (nSPS) is 14.2. The van der Waals surface area contributed by atoms with Crippen LogP contribution in [0.4, 0.5) is 5.00 Å². The van der Waals surface area contributed by atoms with E-state index in [1.54, 1.807) is 0 Å². The summed E-state index contributed by atoms with van der Waals surface area (Å²) in [7, 11) is 0. The number of aryl methyl sites for hydroxylation is 1. The molecule has 7 heteroatoms. The van der Waals surface area contributed by atoms with Gasteiger partial charge >= 0.3 is 5.97 Å². The Morgan fingerprint density at radius 3 is 2.65 bits per heavy atom. The van der Waals surface area contributed by atoms with Gasteiger partial charge in [0, 0.05) is 11.8 Å². The van der Waals surface area contributed by atoms with Crippen LogP contribution in [0.2, 0.25) is 0 Å². The maximum absolute atomic E-state index is 12.6. The van der Waals surface area contributed by atoms with Gasteiger partial charge in [0.05, 0.1) is 5.56 Å². The number of hydrogen-bond donors (Lipinski definition) is 3. The second kappa shape index (κ2) is 7.59. The minimum Gasteiger partial charge on any atom is -0.480 e. The molecular weight excluding hydrogens is 316 g/mol. The molecule has 1 unspecified atom stereocenters. The maximum Gasteiger partial charge on any atom is 0.326 e. The highest BCUT2D eigenvalue weighted by molar-refractivity contribution is 7.17. The lowest BCUT2D eigenvalue weighted by Crippen LogP contribution is -2.41. The molecule has 0 saturated carbocycles. The van der Waals surface area contributed by atoms with Gasteiger partial charge in [-0.25, -0.2) is 4.79 Å². The van der Waals surface area contributed by atoms with Crippen LogP contribution in [0.1, 0.15) is 60.3 Å². The largest absolute Gasteiger partial charge is 0.480 e. The van der Waals surface area contributed by atoms with Crippen molar-refractivity contribution in [2.24, 2.45) is 0 Å². The van der Waals surface area contributed by atoms with Crippen molar-refractivity contribution in [2.45, 2.75) is 58.4 Å². The Hall–Kier alpha value is -1.89. The van der Waals surface area contributed by atoms with E-state index >= 15 is 0 Å². The molecule has 0 spiro atoms. The zero-order valence-electron chi connectivity index (χ0n) is 13.4. The van der Waals surface area contributed by atoms with Crippen molar-refractivity contribution >= 4 is 34.1 Å². The van der Waals surface area contributed by atoms with Crippen LogP contribution in [0.15, 0.2) is 0 Å². The molecule has 126 valence electrons. The average molecular weight is 338 g/mol. The number of carboxylic acid groups (broad SMARTS) is 1. The van der Waals surface area contributed by atoms with Crippen LogP contribution < -0.4 is 10.6 Å². The molecule has 1 aliphatic rings. The highest BCUT2D eigenvalue weighted by Crippen LogP contribution is 2.39. The molecule has 0 aliphatic heterocycles. The van der Waals surface area contributed by atoms with E-state index in [9.17, 15) is 19.5 Å². The number of carbonyl (C=O) groups is 3. The van der Waals surface area contributed by atoms with Gasteiger partial charge in [-0.05, 0) is 31.2 Å². The van der Waals surface area contributed by atoms with Crippen molar-refractivity contribution in [2.75, 3.05) is 5.32 Å². The minimum absolute atomic E-state index is 0.236. The zero-order valence-corrected chi connectivity index (χ0v) is 14.2. The number of unbranched alkanes of at least 4 members (excludes halogenated alkanes) is 1. The topological polar surface area (TPSA) is 95.5 Å². The Morgan fingerprint density at radius 1 is 1.30 bits per heavy atom. The van der Waals surface area contributed by atoms with E-state index in [-0.39, 0.29) is 5.91 Å². The summed E-state index contributed by atoms with van der Waals surface area (Å²) < 4.78 is 0. The molecule has 0 saturated heterocycles. The molecule has 23 heavy (non-hydrogen) atoms. The van der Waals surface area contributed by atoms with Gasteiger partial charge in [0.2, 0.25) is 5.91 Å². The van der Waals surface area contributed by atoms with Gasteiger partial charge in [0.25, 0.3) is 5.91 Å². The standard InChI is InChI=1S/C16H22N2O4S/c1-3-4-7-11(16(21)22)18-14(20)13-10-6-5-8-12(10)23-15(13)17-9(2)19/h11H,3-8H2,1-2H3,(H,17,19)(H,18,20)(H,21,22). The van der Waals surface area contributed by atoms with Crippen LogP contribution in [0.25, 0.3) is 0 Å². The summed E-state index contributed by atoms with van der Waals surface area (Å²) in [4.78, 5) is 36.4. The molecule has 1 aliphatic carbocycles. The SMILES string of the molecule is CCCCC(NC(=O)c1c(NC(C)=O)sc2c1CCC2)C(=O)O. The third-order valence-electron chi connectivity index (χ3n) is 3.89. The quantitative estimate of drug-likeness (QED) is 0.712. The van der Waals surface area contributed by atoms with Crippen LogP contribution in [-0.2, 0) is 22.4 Å². The van der Waals surface area contributed by atoms with Crippen LogP contribution in [-0.4, -0.2) is 28.9 Å². The van der Waals surface area contributed by atoms with Crippen molar-refractivity contribution in [3.05, 3.63) is 16.0 Å². The second-order valence-corrected chi connectivity index (χ2v) is 6.85. The number of hydrogen-bond acceptors (Lipinski definition) is 4. The molecule has 0 aromatic carbocycles. The highest BCUT2D eigenvalue weighted by Gasteiger charge is 2.29. The van der Waals surface area contributed by atoms with Crippen molar-refractivity contribution in [3.63, 3.8) is 0 Å². The first-order valence-corrected chi connectivity index (χ1v) is 8.71. The lowest BCUT2D eigenvalue weighted by Gasteiger charge is -2.15.